The number of rotatable bonds is 11. The van der Waals surface area contributed by atoms with E-state index in [1.807, 2.05) is 71.3 Å². The number of aliphatic imine (C=N–C) groups is 1. The number of thiophene rings is 1. The molecule has 0 aliphatic rings. The summed E-state index contributed by atoms with van der Waals surface area (Å²) in [6.45, 7) is 11.6. The first-order valence-corrected chi connectivity index (χ1v) is 15.0. The van der Waals surface area contributed by atoms with Crippen LogP contribution >= 0.6 is 11.3 Å². The molecule has 2 heterocycles. The number of pyridine rings is 1. The molecule has 4 rings (SSSR count). The van der Waals surface area contributed by atoms with Crippen molar-refractivity contribution in [3.8, 4) is 16.9 Å². The summed E-state index contributed by atoms with van der Waals surface area (Å²) in [6, 6.07) is 20.4. The SMILES string of the molecule is CCC(CCN=C(C)OC(C)(C)C)CCc1cc2c(=O)n(C)cc(-c3cccc(OCc4ccccc4)c3)c2s1. The summed E-state index contributed by atoms with van der Waals surface area (Å²) in [5.74, 6) is 2.15. The third kappa shape index (κ3) is 8.07. The third-order valence-electron chi connectivity index (χ3n) is 7.00. The zero-order chi connectivity index (χ0) is 28.7. The molecule has 5 nitrogen and oxygen atoms in total. The highest BCUT2D eigenvalue weighted by Crippen LogP contribution is 2.35. The number of nitrogens with zero attached hydrogens (tertiary/aromatic N) is 2. The van der Waals surface area contributed by atoms with Crippen molar-refractivity contribution in [3.63, 3.8) is 0 Å². The molecule has 0 N–H and O–H groups in total. The molecule has 0 aliphatic carbocycles. The van der Waals surface area contributed by atoms with E-state index >= 15 is 0 Å². The van der Waals surface area contributed by atoms with Crippen molar-refractivity contribution in [1.29, 1.82) is 0 Å². The van der Waals surface area contributed by atoms with Crippen molar-refractivity contribution < 1.29 is 9.47 Å². The maximum Gasteiger partial charge on any atom is 0.259 e. The van der Waals surface area contributed by atoms with Gasteiger partial charge < -0.3 is 14.0 Å². The summed E-state index contributed by atoms with van der Waals surface area (Å²) >= 11 is 1.74. The zero-order valence-corrected chi connectivity index (χ0v) is 25.5. The highest BCUT2D eigenvalue weighted by molar-refractivity contribution is 7.19. The lowest BCUT2D eigenvalue weighted by Gasteiger charge is -2.20. The van der Waals surface area contributed by atoms with Crippen molar-refractivity contribution in [2.24, 2.45) is 18.0 Å². The Morgan fingerprint density at radius 2 is 1.82 bits per heavy atom. The van der Waals surface area contributed by atoms with Crippen molar-refractivity contribution in [2.45, 2.75) is 72.5 Å². The monoisotopic (exact) mass is 558 g/mol. The first kappa shape index (κ1) is 29.6. The number of benzene rings is 2. The molecule has 0 radical (unpaired) electrons. The number of ether oxygens (including phenoxy) is 2. The molecule has 40 heavy (non-hydrogen) atoms. The minimum atomic E-state index is -0.217. The van der Waals surface area contributed by atoms with Gasteiger partial charge in [0, 0.05) is 41.9 Å². The Morgan fingerprint density at radius 3 is 2.55 bits per heavy atom. The highest BCUT2D eigenvalue weighted by atomic mass is 32.1. The molecule has 2 aromatic heterocycles. The van der Waals surface area contributed by atoms with Gasteiger partial charge in [-0.2, -0.15) is 0 Å². The second-order valence-electron chi connectivity index (χ2n) is 11.4. The highest BCUT2D eigenvalue weighted by Gasteiger charge is 2.16. The Labute approximate surface area is 242 Å². The van der Waals surface area contributed by atoms with Gasteiger partial charge >= 0.3 is 0 Å². The van der Waals surface area contributed by atoms with Gasteiger partial charge in [0.2, 0.25) is 0 Å². The smallest absolute Gasteiger partial charge is 0.259 e. The van der Waals surface area contributed by atoms with Crippen molar-refractivity contribution in [3.05, 3.63) is 87.7 Å². The van der Waals surface area contributed by atoms with E-state index in [9.17, 15) is 4.79 Å². The van der Waals surface area contributed by atoms with E-state index in [1.165, 1.54) is 4.88 Å². The summed E-state index contributed by atoms with van der Waals surface area (Å²) < 4.78 is 14.7. The maximum atomic E-state index is 13.1. The zero-order valence-electron chi connectivity index (χ0n) is 24.7. The molecule has 6 heteroatoms. The predicted molar refractivity (Wildman–Crippen MR) is 169 cm³/mol. The molecular weight excluding hydrogens is 516 g/mol. The number of hydrogen-bond donors (Lipinski definition) is 0. The summed E-state index contributed by atoms with van der Waals surface area (Å²) in [5.41, 5.74) is 3.08. The van der Waals surface area contributed by atoms with Gasteiger partial charge in [-0.3, -0.25) is 9.79 Å². The van der Waals surface area contributed by atoms with Crippen LogP contribution in [0.1, 0.15) is 64.3 Å². The molecule has 4 aromatic rings. The number of fused-ring (bicyclic) bond motifs is 1. The Kier molecular flexibility index (Phi) is 9.85. The molecule has 0 amide bonds. The fraction of sp³-hybridized carbons (Fsp3) is 0.412. The molecule has 0 spiro atoms. The average Bonchev–Trinajstić information content (AvgIpc) is 3.36. The van der Waals surface area contributed by atoms with Crippen molar-refractivity contribution in [2.75, 3.05) is 6.54 Å². The second kappa shape index (κ2) is 13.3. The van der Waals surface area contributed by atoms with Crippen LogP contribution in [0.3, 0.4) is 0 Å². The van der Waals surface area contributed by atoms with E-state index < -0.39 is 0 Å². The molecule has 1 unspecified atom stereocenters. The molecule has 0 saturated heterocycles. The molecule has 0 bridgehead atoms. The summed E-state index contributed by atoms with van der Waals surface area (Å²) in [6.07, 6.45) is 6.14. The van der Waals surface area contributed by atoms with Crippen LogP contribution in [-0.4, -0.2) is 22.6 Å². The molecule has 2 aromatic carbocycles. The lowest BCUT2D eigenvalue weighted by molar-refractivity contribution is 0.115. The first-order chi connectivity index (χ1) is 19.1. The van der Waals surface area contributed by atoms with Crippen LogP contribution in [0.5, 0.6) is 5.75 Å². The van der Waals surface area contributed by atoms with E-state index in [-0.39, 0.29) is 11.2 Å². The number of hydrogen-bond acceptors (Lipinski definition) is 5. The van der Waals surface area contributed by atoms with E-state index in [4.69, 9.17) is 9.47 Å². The van der Waals surface area contributed by atoms with E-state index in [0.29, 0.717) is 12.5 Å². The molecular formula is C34H42N2O3S. The van der Waals surface area contributed by atoms with Gasteiger partial charge in [0.15, 0.2) is 5.90 Å². The van der Waals surface area contributed by atoms with Crippen LogP contribution in [0, 0.1) is 5.92 Å². The fourth-order valence-corrected chi connectivity index (χ4v) is 6.10. The van der Waals surface area contributed by atoms with Crippen LogP contribution in [-0.2, 0) is 24.8 Å². The van der Waals surface area contributed by atoms with Gasteiger partial charge in [-0.05, 0) is 75.3 Å². The van der Waals surface area contributed by atoms with Crippen molar-refractivity contribution in [1.82, 2.24) is 4.57 Å². The Balaban J connectivity index is 1.48. The second-order valence-corrected chi connectivity index (χ2v) is 12.6. The van der Waals surface area contributed by atoms with Gasteiger partial charge in [0.1, 0.15) is 18.0 Å². The summed E-state index contributed by atoms with van der Waals surface area (Å²) in [4.78, 5) is 19.0. The van der Waals surface area contributed by atoms with E-state index in [1.54, 1.807) is 15.9 Å². The topological polar surface area (TPSA) is 52.8 Å². The Bertz CT molecular complexity index is 1500. The van der Waals surface area contributed by atoms with E-state index in [0.717, 1.165) is 70.7 Å². The molecule has 0 saturated carbocycles. The standard InChI is InChI=1S/C34H42N2O3S/c1-7-25(18-19-35-24(2)39-34(3,4)5)16-17-29-21-30-32(40-29)31(22-36(6)33(30)37)27-14-11-15-28(20-27)38-23-26-12-9-8-10-13-26/h8-15,20-22,25H,7,16-19,23H2,1-6H3. The minimum Gasteiger partial charge on any atom is -0.489 e. The maximum absolute atomic E-state index is 13.1. The lowest BCUT2D eigenvalue weighted by atomic mass is 9.96. The Hall–Kier alpha value is -3.38. The van der Waals surface area contributed by atoms with Crippen LogP contribution in [0.4, 0.5) is 0 Å². The Morgan fingerprint density at radius 1 is 1.05 bits per heavy atom. The van der Waals surface area contributed by atoms with Crippen LogP contribution < -0.4 is 10.3 Å². The largest absolute Gasteiger partial charge is 0.489 e. The van der Waals surface area contributed by atoms with Gasteiger partial charge in [-0.25, -0.2) is 0 Å². The normalized spacial score (nSPS) is 13.0. The van der Waals surface area contributed by atoms with Gasteiger partial charge in [0.05, 0.1) is 5.39 Å². The molecule has 0 aliphatic heterocycles. The summed E-state index contributed by atoms with van der Waals surface area (Å²) in [5, 5.41) is 0.795. The number of aryl methyl sites for hydroxylation is 2. The van der Waals surface area contributed by atoms with Crippen LogP contribution in [0.15, 0.2) is 76.6 Å². The van der Waals surface area contributed by atoms with Gasteiger partial charge in [0.25, 0.3) is 5.56 Å². The minimum absolute atomic E-state index is 0.0495. The van der Waals surface area contributed by atoms with E-state index in [2.05, 4.69) is 42.2 Å². The third-order valence-corrected chi connectivity index (χ3v) is 8.22. The predicted octanol–water partition coefficient (Wildman–Crippen LogP) is 8.43. The first-order valence-electron chi connectivity index (χ1n) is 14.2. The van der Waals surface area contributed by atoms with Crippen molar-refractivity contribution >= 4 is 27.3 Å². The average molecular weight is 559 g/mol. The summed E-state index contributed by atoms with van der Waals surface area (Å²) in [7, 11) is 1.83. The molecule has 212 valence electrons. The van der Waals surface area contributed by atoms with Crippen LogP contribution in [0.2, 0.25) is 0 Å². The number of aromatic nitrogens is 1. The van der Waals surface area contributed by atoms with Crippen LogP contribution in [0.25, 0.3) is 21.2 Å². The van der Waals surface area contributed by atoms with Gasteiger partial charge in [-0.15, -0.1) is 11.3 Å². The molecule has 0 fully saturated rings. The fourth-order valence-electron chi connectivity index (χ4n) is 4.90. The quantitative estimate of drug-likeness (QED) is 0.137. The lowest BCUT2D eigenvalue weighted by Crippen LogP contribution is -2.22. The van der Waals surface area contributed by atoms with Gasteiger partial charge in [-0.1, -0.05) is 55.8 Å². The molecule has 1 atom stereocenters.